The average molecular weight is 324 g/mol. The fourth-order valence-corrected chi connectivity index (χ4v) is 0.798. The summed E-state index contributed by atoms with van der Waals surface area (Å²) >= 11 is 0. The summed E-state index contributed by atoms with van der Waals surface area (Å²) in [5.41, 5.74) is 0. The van der Waals surface area contributed by atoms with E-state index < -0.39 is 41.5 Å². The zero-order valence-corrected chi connectivity index (χ0v) is 10.4. The van der Waals surface area contributed by atoms with E-state index in [2.05, 4.69) is 4.74 Å². The zero-order chi connectivity index (χ0) is 16.1. The Bertz CT molecular complexity index is 343. The molecule has 0 rings (SSSR count). The van der Waals surface area contributed by atoms with Gasteiger partial charge in [-0.3, -0.25) is 4.55 Å². The topological polar surface area (TPSA) is 63.6 Å². The molecule has 118 valence electrons. The van der Waals surface area contributed by atoms with Gasteiger partial charge in [0.05, 0.1) is 0 Å². The maximum absolute atomic E-state index is 12.2. The molecule has 1 unspecified atom stereocenters. The average Bonchev–Trinajstić information content (AvgIpc) is 2.09. The lowest BCUT2D eigenvalue weighted by atomic mass is 10.1. The van der Waals surface area contributed by atoms with Crippen LogP contribution in [0.4, 0.5) is 30.2 Å². The summed E-state index contributed by atoms with van der Waals surface area (Å²) in [4.78, 5) is 0. The zero-order valence-electron chi connectivity index (χ0n) is 9.59. The van der Waals surface area contributed by atoms with Crippen molar-refractivity contribution in [3.8, 4) is 0 Å². The van der Waals surface area contributed by atoms with Crippen LogP contribution in [0.25, 0.3) is 0 Å². The molecule has 0 heterocycles. The molecule has 0 aromatic carbocycles. The second-order valence-corrected chi connectivity index (χ2v) is 4.33. The Morgan fingerprint density at radius 2 is 1.47 bits per heavy atom. The lowest BCUT2D eigenvalue weighted by Gasteiger charge is -2.27. The molecule has 1 atom stereocenters. The normalized spacial score (nSPS) is 14.9. The van der Waals surface area contributed by atoms with Crippen molar-refractivity contribution >= 4 is 10.5 Å². The predicted molar refractivity (Wildman–Crippen MR) is 49.3 cm³/mol. The molecule has 19 heavy (non-hydrogen) atoms. The fraction of sp³-hybridized carbons (Fsp3) is 1.00. The highest BCUT2D eigenvalue weighted by Gasteiger charge is 2.48. The Kier molecular flexibility index (Phi) is 7.88. The van der Waals surface area contributed by atoms with Gasteiger partial charge in [0.1, 0.15) is 0 Å². The molecule has 4 nitrogen and oxygen atoms in total. The SMILES string of the molecule is CC(C)C(OC(F)(F)CF)C(F)(F)F.O=S(=O)(O)F. The van der Waals surface area contributed by atoms with Gasteiger partial charge in [0.15, 0.2) is 12.8 Å². The largest absolute Gasteiger partial charge is 0.435 e. The molecule has 0 aromatic rings. The predicted octanol–water partition coefficient (Wildman–Crippen LogP) is 2.91. The Balaban J connectivity index is 0. The van der Waals surface area contributed by atoms with E-state index in [0.29, 0.717) is 0 Å². The van der Waals surface area contributed by atoms with Crippen LogP contribution in [0.2, 0.25) is 0 Å². The molecule has 0 aliphatic heterocycles. The Labute approximate surface area is 104 Å². The number of rotatable bonds is 4. The molecule has 0 saturated carbocycles. The van der Waals surface area contributed by atoms with Crippen LogP contribution >= 0.6 is 0 Å². The van der Waals surface area contributed by atoms with E-state index in [1.54, 1.807) is 0 Å². The van der Waals surface area contributed by atoms with E-state index in [1.165, 1.54) is 0 Å². The van der Waals surface area contributed by atoms with Crippen molar-refractivity contribution in [1.29, 1.82) is 0 Å². The van der Waals surface area contributed by atoms with Gasteiger partial charge in [0, 0.05) is 0 Å². The third-order valence-corrected chi connectivity index (χ3v) is 1.38. The molecule has 1 N–H and O–H groups in total. The summed E-state index contributed by atoms with van der Waals surface area (Å²) in [6.45, 7) is -0.148. The maximum atomic E-state index is 12.2. The Morgan fingerprint density at radius 1 is 1.16 bits per heavy atom. The highest BCUT2D eigenvalue weighted by Crippen LogP contribution is 2.33. The van der Waals surface area contributed by atoms with Crippen LogP contribution in [-0.4, -0.2) is 38.0 Å². The maximum Gasteiger partial charge on any atom is 0.435 e. The van der Waals surface area contributed by atoms with Crippen LogP contribution in [0.3, 0.4) is 0 Å². The number of hydrogen-bond donors (Lipinski definition) is 1. The number of ether oxygens (including phenoxy) is 1. The molecule has 0 aliphatic rings. The first-order valence-electron chi connectivity index (χ1n) is 4.45. The van der Waals surface area contributed by atoms with Crippen molar-refractivity contribution < 1.29 is 47.9 Å². The molecule has 0 fully saturated rings. The highest BCUT2D eigenvalue weighted by atomic mass is 32.3. The number of hydrogen-bond acceptors (Lipinski definition) is 3. The molecule has 0 radical (unpaired) electrons. The third-order valence-electron chi connectivity index (χ3n) is 1.38. The third kappa shape index (κ3) is 13.6. The van der Waals surface area contributed by atoms with Crippen molar-refractivity contribution in [1.82, 2.24) is 0 Å². The van der Waals surface area contributed by atoms with E-state index in [-0.39, 0.29) is 0 Å². The van der Waals surface area contributed by atoms with Gasteiger partial charge in [-0.25, -0.2) is 4.39 Å². The van der Waals surface area contributed by atoms with Crippen LogP contribution < -0.4 is 0 Å². The minimum Gasteiger partial charge on any atom is -0.305 e. The number of halogens is 7. The van der Waals surface area contributed by atoms with Gasteiger partial charge < -0.3 is 4.74 Å². The van der Waals surface area contributed by atoms with E-state index in [0.717, 1.165) is 13.8 Å². The quantitative estimate of drug-likeness (QED) is 0.491. The standard InChI is InChI=1S/C7H10F6O.FHO3S/c1-4(2)5(7(11,12)13)14-6(9,10)3-8;1-5(2,3)4/h4-5H,3H2,1-2H3;(H,2,3,4). The minimum absolute atomic E-state index is 1.06. The summed E-state index contributed by atoms with van der Waals surface area (Å²) in [6.07, 6.45) is -12.0. The van der Waals surface area contributed by atoms with Crippen molar-refractivity contribution in [2.75, 3.05) is 6.67 Å². The van der Waals surface area contributed by atoms with Gasteiger partial charge in [-0.1, -0.05) is 17.7 Å². The smallest absolute Gasteiger partial charge is 0.305 e. The molecule has 0 amide bonds. The van der Waals surface area contributed by atoms with Crippen LogP contribution in [0, 0.1) is 5.92 Å². The van der Waals surface area contributed by atoms with Crippen molar-refractivity contribution in [3.63, 3.8) is 0 Å². The van der Waals surface area contributed by atoms with Gasteiger partial charge in [-0.2, -0.15) is 30.4 Å². The molecule has 0 saturated heterocycles. The second kappa shape index (κ2) is 7.24. The molecule has 0 aromatic heterocycles. The Morgan fingerprint density at radius 3 is 1.63 bits per heavy atom. The van der Waals surface area contributed by atoms with Crippen molar-refractivity contribution in [2.24, 2.45) is 5.92 Å². The van der Waals surface area contributed by atoms with E-state index in [1.807, 2.05) is 0 Å². The minimum atomic E-state index is -5.17. The molecule has 12 heteroatoms. The van der Waals surface area contributed by atoms with Crippen LogP contribution in [0.5, 0.6) is 0 Å². The first-order chi connectivity index (χ1) is 8.10. The lowest BCUT2D eigenvalue weighted by molar-refractivity contribution is -0.336. The van der Waals surface area contributed by atoms with Crippen LogP contribution in [0.1, 0.15) is 13.8 Å². The molecular formula is C7H11F7O4S. The van der Waals surface area contributed by atoms with Gasteiger partial charge >= 0.3 is 22.8 Å². The van der Waals surface area contributed by atoms with Crippen LogP contribution in [-0.2, 0) is 15.2 Å². The van der Waals surface area contributed by atoms with Gasteiger partial charge in [0.25, 0.3) is 0 Å². The fourth-order valence-electron chi connectivity index (χ4n) is 0.798. The van der Waals surface area contributed by atoms with Crippen molar-refractivity contribution in [2.45, 2.75) is 32.2 Å². The van der Waals surface area contributed by atoms with E-state index in [9.17, 15) is 30.2 Å². The summed E-state index contributed by atoms with van der Waals surface area (Å²) in [5, 5.41) is 0. The van der Waals surface area contributed by atoms with Crippen LogP contribution in [0.15, 0.2) is 0 Å². The van der Waals surface area contributed by atoms with E-state index in [4.69, 9.17) is 13.0 Å². The first-order valence-corrected chi connectivity index (χ1v) is 5.79. The second-order valence-electron chi connectivity index (χ2n) is 3.51. The summed E-state index contributed by atoms with van der Waals surface area (Å²) < 4.78 is 110. The molecule has 0 bridgehead atoms. The summed E-state index contributed by atoms with van der Waals surface area (Å²) in [6, 6.07) is 0. The Hall–Kier alpha value is -0.620. The first kappa shape index (κ1) is 20.7. The van der Waals surface area contributed by atoms with Gasteiger partial charge in [-0.15, -0.1) is 0 Å². The van der Waals surface area contributed by atoms with Gasteiger partial charge in [0.2, 0.25) is 0 Å². The highest BCUT2D eigenvalue weighted by molar-refractivity contribution is 7.80. The lowest BCUT2D eigenvalue weighted by Crippen LogP contribution is -2.42. The summed E-state index contributed by atoms with van der Waals surface area (Å²) in [5.74, 6) is -1.20. The molecule has 0 aliphatic carbocycles. The molecule has 0 spiro atoms. The summed E-state index contributed by atoms with van der Waals surface area (Å²) in [7, 11) is -5.17. The monoisotopic (exact) mass is 324 g/mol. The van der Waals surface area contributed by atoms with Crippen molar-refractivity contribution in [3.05, 3.63) is 0 Å². The van der Waals surface area contributed by atoms with Gasteiger partial charge in [-0.05, 0) is 5.92 Å². The molecular weight excluding hydrogens is 313 g/mol. The number of alkyl halides is 6. The van der Waals surface area contributed by atoms with E-state index >= 15 is 0 Å².